The number of carbonyl (C=O) groups excluding carboxylic acids is 3. The minimum absolute atomic E-state index is 0.0529. The summed E-state index contributed by atoms with van der Waals surface area (Å²) in [4.78, 5) is 40.7. The maximum absolute atomic E-state index is 13.3. The summed E-state index contributed by atoms with van der Waals surface area (Å²) in [6.07, 6.45) is 4.94. The Hall–Kier alpha value is -2.67. The molecule has 2 aliphatic carbocycles. The average molecular weight is 469 g/mol. The van der Waals surface area contributed by atoms with E-state index in [-0.39, 0.29) is 47.8 Å². The number of fused-ring (bicyclic) bond motifs is 5. The first-order chi connectivity index (χ1) is 14.4. The lowest BCUT2D eigenvalue weighted by Crippen LogP contribution is -2.38. The summed E-state index contributed by atoms with van der Waals surface area (Å²) in [5, 5.41) is 2.85. The molecule has 0 radical (unpaired) electrons. The molecular weight excluding hydrogens is 448 g/mol. The van der Waals surface area contributed by atoms with Crippen molar-refractivity contribution in [2.45, 2.75) is 25.8 Å². The van der Waals surface area contributed by atoms with E-state index in [0.29, 0.717) is 17.2 Å². The first-order valence-corrected chi connectivity index (χ1v) is 10.9. The van der Waals surface area contributed by atoms with Gasteiger partial charge in [0.05, 0.1) is 18.3 Å². The molecule has 1 N–H and O–H groups in total. The second kappa shape index (κ2) is 7.23. The summed E-state index contributed by atoms with van der Waals surface area (Å²) in [6, 6.07) is 10.0. The fourth-order valence-electron chi connectivity index (χ4n) is 5.11. The maximum atomic E-state index is 13.3. The highest BCUT2D eigenvalue weighted by Crippen LogP contribution is 2.54. The van der Waals surface area contributed by atoms with Gasteiger partial charge >= 0.3 is 0 Å². The summed E-state index contributed by atoms with van der Waals surface area (Å²) >= 11 is 3.37. The van der Waals surface area contributed by atoms with Crippen molar-refractivity contribution in [1.29, 1.82) is 0 Å². The maximum Gasteiger partial charge on any atom is 0.234 e. The van der Waals surface area contributed by atoms with E-state index in [2.05, 4.69) is 33.4 Å². The van der Waals surface area contributed by atoms with Gasteiger partial charge in [0.2, 0.25) is 17.7 Å². The zero-order valence-electron chi connectivity index (χ0n) is 16.4. The van der Waals surface area contributed by atoms with Gasteiger partial charge in [-0.05, 0) is 61.6 Å². The molecule has 3 amide bonds. The third-order valence-corrected chi connectivity index (χ3v) is 6.94. The molecule has 5 rings (SSSR count). The van der Waals surface area contributed by atoms with Gasteiger partial charge in [0.25, 0.3) is 0 Å². The molecule has 0 spiro atoms. The van der Waals surface area contributed by atoms with Gasteiger partial charge < -0.3 is 9.73 Å². The van der Waals surface area contributed by atoms with Crippen LogP contribution in [0.4, 0.5) is 5.69 Å². The van der Waals surface area contributed by atoms with Crippen LogP contribution in [0, 0.1) is 30.6 Å². The molecule has 2 bridgehead atoms. The molecule has 6 nitrogen and oxygen atoms in total. The fourth-order valence-corrected chi connectivity index (χ4v) is 5.37. The first kappa shape index (κ1) is 19.3. The number of anilines is 1. The molecule has 1 aromatic heterocycles. The van der Waals surface area contributed by atoms with Crippen molar-refractivity contribution in [1.82, 2.24) is 4.90 Å². The molecule has 2 aromatic rings. The molecule has 30 heavy (non-hydrogen) atoms. The molecule has 5 unspecified atom stereocenters. The molecule has 1 saturated heterocycles. The molecule has 1 aliphatic heterocycles. The molecule has 154 valence electrons. The van der Waals surface area contributed by atoms with Crippen LogP contribution in [0.25, 0.3) is 0 Å². The Kier molecular flexibility index (Phi) is 4.65. The van der Waals surface area contributed by atoms with Crippen LogP contribution in [0.5, 0.6) is 0 Å². The normalized spacial score (nSPS) is 27.6. The molecule has 7 heteroatoms. The predicted octanol–water partition coefficient (Wildman–Crippen LogP) is 4.23. The van der Waals surface area contributed by atoms with E-state index < -0.39 is 6.04 Å². The lowest BCUT2D eigenvalue weighted by Gasteiger charge is -2.26. The van der Waals surface area contributed by atoms with E-state index in [1.165, 1.54) is 4.90 Å². The number of nitrogens with one attached hydrogen (secondary N) is 1. The van der Waals surface area contributed by atoms with Crippen LogP contribution >= 0.6 is 15.9 Å². The number of halogens is 1. The van der Waals surface area contributed by atoms with Crippen LogP contribution in [0.15, 0.2) is 57.4 Å². The first-order valence-electron chi connectivity index (χ1n) is 10.1. The highest BCUT2D eigenvalue weighted by molar-refractivity contribution is 9.10. The Morgan fingerprint density at radius 3 is 2.30 bits per heavy atom. The van der Waals surface area contributed by atoms with Crippen molar-refractivity contribution in [3.8, 4) is 0 Å². The van der Waals surface area contributed by atoms with Crippen LogP contribution in [0.3, 0.4) is 0 Å². The smallest absolute Gasteiger partial charge is 0.234 e. The number of carbonyl (C=O) groups is 3. The van der Waals surface area contributed by atoms with Crippen molar-refractivity contribution in [3.63, 3.8) is 0 Å². The van der Waals surface area contributed by atoms with Crippen LogP contribution in [-0.2, 0) is 14.4 Å². The monoisotopic (exact) mass is 468 g/mol. The number of likely N-dealkylation sites (tertiary alicyclic amines) is 1. The number of nitrogens with zero attached hydrogens (tertiary/aromatic N) is 1. The standard InChI is InChI=1S/C23H21BrN2O4/c1-12-2-9-18(30-12)17(11-19(27)25-16-7-5-15(24)6-8-16)26-22(28)20-13-3-4-14(10-13)21(20)23(26)29/h2-9,13-14,17,20-21H,10-11H2,1H3,(H,25,27). The lowest BCUT2D eigenvalue weighted by molar-refractivity contribution is -0.144. The van der Waals surface area contributed by atoms with Crippen molar-refractivity contribution in [2.75, 3.05) is 5.32 Å². The summed E-state index contributed by atoms with van der Waals surface area (Å²) < 4.78 is 6.67. The number of amides is 3. The van der Waals surface area contributed by atoms with Crippen molar-refractivity contribution < 1.29 is 18.8 Å². The lowest BCUT2D eigenvalue weighted by atomic mass is 9.85. The molecule has 1 aromatic carbocycles. The SMILES string of the molecule is Cc1ccc(C(CC(=O)Nc2ccc(Br)cc2)N2C(=O)C3C4C=CC(C4)C3C2=O)o1. The number of furan rings is 1. The second-order valence-corrected chi connectivity index (χ2v) is 9.19. The number of hydrogen-bond acceptors (Lipinski definition) is 4. The Morgan fingerprint density at radius 1 is 1.10 bits per heavy atom. The van der Waals surface area contributed by atoms with Crippen LogP contribution in [0.2, 0.25) is 0 Å². The fraction of sp³-hybridized carbons (Fsp3) is 0.348. The Balaban J connectivity index is 1.42. The van der Waals surface area contributed by atoms with Gasteiger partial charge in [-0.3, -0.25) is 19.3 Å². The number of rotatable bonds is 5. The van der Waals surface area contributed by atoms with Gasteiger partial charge in [0.15, 0.2) is 0 Å². The summed E-state index contributed by atoms with van der Waals surface area (Å²) in [5.41, 5.74) is 0.649. The molecule has 2 heterocycles. The zero-order valence-corrected chi connectivity index (χ0v) is 18.0. The molecule has 5 atom stereocenters. The molecule has 1 saturated carbocycles. The molecule has 2 fully saturated rings. The van der Waals surface area contributed by atoms with E-state index in [4.69, 9.17) is 4.42 Å². The van der Waals surface area contributed by atoms with Crippen molar-refractivity contribution >= 4 is 39.3 Å². The Labute approximate surface area is 182 Å². The number of benzene rings is 1. The highest BCUT2D eigenvalue weighted by atomic mass is 79.9. The number of allylic oxidation sites excluding steroid dienone is 2. The summed E-state index contributed by atoms with van der Waals surface area (Å²) in [6.45, 7) is 1.80. The minimum Gasteiger partial charge on any atom is -0.464 e. The Morgan fingerprint density at radius 2 is 1.73 bits per heavy atom. The topological polar surface area (TPSA) is 79.6 Å². The summed E-state index contributed by atoms with van der Waals surface area (Å²) in [5.74, 6) is 0.116. The van der Waals surface area contributed by atoms with E-state index >= 15 is 0 Å². The van der Waals surface area contributed by atoms with Gasteiger partial charge in [-0.1, -0.05) is 28.1 Å². The minimum atomic E-state index is -0.751. The second-order valence-electron chi connectivity index (χ2n) is 8.27. The van der Waals surface area contributed by atoms with Crippen LogP contribution in [-0.4, -0.2) is 22.6 Å². The average Bonchev–Trinajstić information content (AvgIpc) is 3.47. The quantitative estimate of drug-likeness (QED) is 0.525. The van der Waals surface area contributed by atoms with Gasteiger partial charge in [0, 0.05) is 10.2 Å². The summed E-state index contributed by atoms with van der Waals surface area (Å²) in [7, 11) is 0. The van der Waals surface area contributed by atoms with E-state index in [1.807, 2.05) is 12.1 Å². The van der Waals surface area contributed by atoms with Gasteiger partial charge in [0.1, 0.15) is 17.6 Å². The van der Waals surface area contributed by atoms with Gasteiger partial charge in [-0.25, -0.2) is 0 Å². The number of imide groups is 1. The Bertz CT molecular complexity index is 1030. The van der Waals surface area contributed by atoms with Crippen molar-refractivity contribution in [3.05, 3.63) is 64.5 Å². The molecular formula is C23H21BrN2O4. The van der Waals surface area contributed by atoms with Crippen LogP contribution < -0.4 is 5.32 Å². The van der Waals surface area contributed by atoms with Crippen molar-refractivity contribution in [2.24, 2.45) is 23.7 Å². The molecule has 3 aliphatic rings. The largest absolute Gasteiger partial charge is 0.464 e. The number of aryl methyl sites for hydroxylation is 1. The third-order valence-electron chi connectivity index (χ3n) is 6.41. The van der Waals surface area contributed by atoms with E-state index in [9.17, 15) is 14.4 Å². The zero-order chi connectivity index (χ0) is 21.0. The van der Waals surface area contributed by atoms with E-state index in [0.717, 1.165) is 10.9 Å². The predicted molar refractivity (Wildman–Crippen MR) is 113 cm³/mol. The number of hydrogen-bond donors (Lipinski definition) is 1. The van der Waals surface area contributed by atoms with Gasteiger partial charge in [-0.15, -0.1) is 0 Å². The van der Waals surface area contributed by atoms with E-state index in [1.54, 1.807) is 31.2 Å². The van der Waals surface area contributed by atoms with Crippen LogP contribution in [0.1, 0.15) is 30.4 Å². The highest BCUT2D eigenvalue weighted by Gasteiger charge is 2.60. The van der Waals surface area contributed by atoms with Gasteiger partial charge in [-0.2, -0.15) is 0 Å². The third kappa shape index (κ3) is 3.12.